The third-order valence-corrected chi connectivity index (χ3v) is 4.56. The molecule has 1 amide bonds. The molecule has 1 atom stereocenters. The fourth-order valence-electron chi connectivity index (χ4n) is 2.78. The van der Waals surface area contributed by atoms with Gasteiger partial charge >= 0.3 is 0 Å². The summed E-state index contributed by atoms with van der Waals surface area (Å²) in [5, 5.41) is 6.94. The van der Waals surface area contributed by atoms with Crippen LogP contribution in [0.1, 0.15) is 17.2 Å². The van der Waals surface area contributed by atoms with Crippen molar-refractivity contribution in [3.63, 3.8) is 0 Å². The molecule has 2 N–H and O–H groups in total. The molecule has 3 rings (SSSR count). The largest absolute Gasteiger partial charge is 0.497 e. The Morgan fingerprint density at radius 1 is 1.00 bits per heavy atom. The summed E-state index contributed by atoms with van der Waals surface area (Å²) in [5.74, 6) is 0.537. The lowest BCUT2D eigenvalue weighted by atomic mass is 10.1. The first-order chi connectivity index (χ1) is 13.2. The van der Waals surface area contributed by atoms with Gasteiger partial charge in [0, 0.05) is 23.3 Å². The number of rotatable bonds is 7. The molecule has 0 bridgehead atoms. The number of nitrogens with one attached hydrogen (secondary N) is 2. The number of methoxy groups -OCH3 is 1. The molecule has 0 aliphatic heterocycles. The Hall–Kier alpha value is -2.82. The lowest BCUT2D eigenvalue weighted by Gasteiger charge is -2.19. The highest BCUT2D eigenvalue weighted by Gasteiger charge is 2.20. The molecule has 0 aliphatic carbocycles. The minimum absolute atomic E-state index is 0.151. The Labute approximate surface area is 164 Å². The molecule has 3 aromatic carbocycles. The van der Waals surface area contributed by atoms with Gasteiger partial charge in [0.25, 0.3) is 0 Å². The van der Waals surface area contributed by atoms with E-state index < -0.39 is 6.04 Å². The van der Waals surface area contributed by atoms with E-state index in [0.29, 0.717) is 23.0 Å². The molecule has 0 fully saturated rings. The summed E-state index contributed by atoms with van der Waals surface area (Å²) in [5.41, 5.74) is 2.50. The van der Waals surface area contributed by atoms with Gasteiger partial charge in [0.1, 0.15) is 11.8 Å². The first kappa shape index (κ1) is 19.0. The zero-order chi connectivity index (χ0) is 19.1. The Morgan fingerprint density at radius 3 is 2.48 bits per heavy atom. The highest BCUT2D eigenvalue weighted by Crippen LogP contribution is 2.21. The maximum absolute atomic E-state index is 13.0. The van der Waals surface area contributed by atoms with E-state index in [1.807, 2.05) is 72.8 Å². The molecule has 0 unspecified atom stereocenters. The number of halogens is 1. The second-order valence-corrected chi connectivity index (χ2v) is 6.44. The molecular weight excluding hydrogens is 360 g/mol. The number of amides is 1. The molecule has 0 radical (unpaired) electrons. The van der Waals surface area contributed by atoms with Crippen LogP contribution in [-0.2, 0) is 11.3 Å². The van der Waals surface area contributed by atoms with Crippen molar-refractivity contribution >= 4 is 23.2 Å². The van der Waals surface area contributed by atoms with Crippen LogP contribution in [0.5, 0.6) is 5.75 Å². The number of benzene rings is 3. The van der Waals surface area contributed by atoms with Crippen LogP contribution in [0.2, 0.25) is 5.02 Å². The zero-order valence-electron chi connectivity index (χ0n) is 15.0. The molecule has 0 saturated heterocycles. The van der Waals surface area contributed by atoms with E-state index in [0.717, 1.165) is 11.1 Å². The average Bonchev–Trinajstić information content (AvgIpc) is 2.70. The van der Waals surface area contributed by atoms with Crippen LogP contribution in [-0.4, -0.2) is 13.0 Å². The van der Waals surface area contributed by atoms with E-state index in [9.17, 15) is 4.79 Å². The van der Waals surface area contributed by atoms with Crippen LogP contribution in [0.3, 0.4) is 0 Å². The van der Waals surface area contributed by atoms with Crippen LogP contribution < -0.4 is 15.4 Å². The van der Waals surface area contributed by atoms with Crippen LogP contribution in [0.15, 0.2) is 78.9 Å². The topological polar surface area (TPSA) is 50.4 Å². The van der Waals surface area contributed by atoms with Crippen molar-refractivity contribution in [2.75, 3.05) is 12.4 Å². The smallest absolute Gasteiger partial charge is 0.246 e. The van der Waals surface area contributed by atoms with Crippen LogP contribution in [0.4, 0.5) is 5.69 Å². The molecule has 27 heavy (non-hydrogen) atoms. The van der Waals surface area contributed by atoms with Gasteiger partial charge < -0.3 is 10.1 Å². The number of ether oxygens (including phenoxy) is 1. The number of carbonyl (C=O) groups excluding carboxylic acids is 1. The molecule has 0 heterocycles. The molecule has 138 valence electrons. The minimum atomic E-state index is -0.520. The fourth-order valence-corrected chi connectivity index (χ4v) is 2.98. The van der Waals surface area contributed by atoms with Crippen molar-refractivity contribution in [3.05, 3.63) is 95.0 Å². The van der Waals surface area contributed by atoms with Crippen molar-refractivity contribution in [1.29, 1.82) is 0 Å². The van der Waals surface area contributed by atoms with E-state index >= 15 is 0 Å². The zero-order valence-corrected chi connectivity index (χ0v) is 15.7. The lowest BCUT2D eigenvalue weighted by molar-refractivity contribution is -0.118. The van der Waals surface area contributed by atoms with Crippen LogP contribution >= 0.6 is 11.6 Å². The highest BCUT2D eigenvalue weighted by molar-refractivity contribution is 6.31. The van der Waals surface area contributed by atoms with E-state index in [4.69, 9.17) is 16.3 Å². The van der Waals surface area contributed by atoms with Crippen molar-refractivity contribution in [1.82, 2.24) is 5.32 Å². The average molecular weight is 381 g/mol. The number of carbonyl (C=O) groups is 1. The number of hydrogen-bond acceptors (Lipinski definition) is 3. The van der Waals surface area contributed by atoms with Crippen LogP contribution in [0, 0.1) is 0 Å². The van der Waals surface area contributed by atoms with Gasteiger partial charge in [0.15, 0.2) is 0 Å². The van der Waals surface area contributed by atoms with Crippen LogP contribution in [0.25, 0.3) is 0 Å². The number of hydrogen-bond donors (Lipinski definition) is 2. The first-order valence-corrected chi connectivity index (χ1v) is 9.02. The predicted molar refractivity (Wildman–Crippen MR) is 109 cm³/mol. The Balaban J connectivity index is 1.79. The summed E-state index contributed by atoms with van der Waals surface area (Å²) in [6, 6.07) is 24.0. The van der Waals surface area contributed by atoms with Crippen molar-refractivity contribution in [2.45, 2.75) is 12.6 Å². The van der Waals surface area contributed by atoms with Gasteiger partial charge in [-0.05, 0) is 29.3 Å². The van der Waals surface area contributed by atoms with E-state index in [1.54, 1.807) is 13.2 Å². The Morgan fingerprint density at radius 2 is 1.74 bits per heavy atom. The Bertz CT molecular complexity index is 900. The summed E-state index contributed by atoms with van der Waals surface area (Å²) >= 11 is 6.24. The standard InChI is InChI=1S/C22H21ClN2O2/c1-27-19-12-7-11-18(14-19)25-22(26)21(16-8-3-2-4-9-16)24-15-17-10-5-6-13-20(17)23/h2-14,21,24H,15H2,1H3,(H,25,26)/t21-/m1/s1. The quantitative estimate of drug-likeness (QED) is 0.618. The first-order valence-electron chi connectivity index (χ1n) is 8.64. The second kappa shape index (κ2) is 9.21. The summed E-state index contributed by atoms with van der Waals surface area (Å²) in [6.07, 6.45) is 0. The minimum Gasteiger partial charge on any atom is -0.497 e. The third kappa shape index (κ3) is 5.09. The molecule has 0 aromatic heterocycles. The van der Waals surface area contributed by atoms with Crippen molar-refractivity contribution < 1.29 is 9.53 Å². The summed E-state index contributed by atoms with van der Waals surface area (Å²) < 4.78 is 5.22. The number of anilines is 1. The molecule has 0 saturated carbocycles. The molecule has 3 aromatic rings. The maximum atomic E-state index is 13.0. The molecule has 0 aliphatic rings. The summed E-state index contributed by atoms with van der Waals surface area (Å²) in [6.45, 7) is 0.477. The van der Waals surface area contributed by atoms with Crippen molar-refractivity contribution in [2.24, 2.45) is 0 Å². The third-order valence-electron chi connectivity index (χ3n) is 4.19. The van der Waals surface area contributed by atoms with E-state index in [2.05, 4.69) is 10.6 Å². The monoisotopic (exact) mass is 380 g/mol. The molecule has 5 heteroatoms. The van der Waals surface area contributed by atoms with Gasteiger partial charge in [0.2, 0.25) is 5.91 Å². The van der Waals surface area contributed by atoms with Gasteiger partial charge in [-0.1, -0.05) is 66.2 Å². The van der Waals surface area contributed by atoms with Gasteiger partial charge in [-0.25, -0.2) is 0 Å². The summed E-state index contributed by atoms with van der Waals surface area (Å²) in [7, 11) is 1.60. The SMILES string of the molecule is COc1cccc(NC(=O)[C@H](NCc2ccccc2Cl)c2ccccc2)c1. The predicted octanol–water partition coefficient (Wildman–Crippen LogP) is 4.82. The highest BCUT2D eigenvalue weighted by atomic mass is 35.5. The summed E-state index contributed by atoms with van der Waals surface area (Å²) in [4.78, 5) is 13.0. The lowest BCUT2D eigenvalue weighted by Crippen LogP contribution is -2.32. The normalized spacial score (nSPS) is 11.6. The van der Waals surface area contributed by atoms with E-state index in [1.165, 1.54) is 0 Å². The molecule has 4 nitrogen and oxygen atoms in total. The second-order valence-electron chi connectivity index (χ2n) is 6.04. The Kier molecular flexibility index (Phi) is 6.47. The fraction of sp³-hybridized carbons (Fsp3) is 0.136. The van der Waals surface area contributed by atoms with Crippen molar-refractivity contribution in [3.8, 4) is 5.75 Å². The van der Waals surface area contributed by atoms with Gasteiger partial charge in [-0.15, -0.1) is 0 Å². The van der Waals surface area contributed by atoms with Gasteiger partial charge in [-0.3, -0.25) is 10.1 Å². The molecule has 0 spiro atoms. The van der Waals surface area contributed by atoms with Gasteiger partial charge in [-0.2, -0.15) is 0 Å². The maximum Gasteiger partial charge on any atom is 0.246 e. The molecular formula is C22H21ClN2O2. The van der Waals surface area contributed by atoms with E-state index in [-0.39, 0.29) is 5.91 Å². The van der Waals surface area contributed by atoms with Gasteiger partial charge in [0.05, 0.1) is 7.11 Å².